The molecule has 1 N–H and O–H groups in total. The Hall–Kier alpha value is -1.83. The molecule has 1 atom stereocenters. The van der Waals surface area contributed by atoms with Crippen molar-refractivity contribution in [2.75, 3.05) is 32.8 Å². The highest BCUT2D eigenvalue weighted by atomic mass is 35.5. The van der Waals surface area contributed by atoms with Gasteiger partial charge in [0.25, 0.3) is 5.91 Å². The maximum Gasteiger partial charge on any atom is 0.274 e. The van der Waals surface area contributed by atoms with E-state index < -0.39 is 0 Å². The largest absolute Gasteiger partial charge is 0.490 e. The molecule has 3 heterocycles. The summed E-state index contributed by atoms with van der Waals surface area (Å²) in [4.78, 5) is 19.3. The minimum absolute atomic E-state index is 0. The summed E-state index contributed by atoms with van der Waals surface area (Å²) in [6.45, 7) is 4.40. The van der Waals surface area contributed by atoms with Crippen LogP contribution in [0.1, 0.15) is 29.2 Å². The summed E-state index contributed by atoms with van der Waals surface area (Å²) in [5.74, 6) is 1.08. The highest BCUT2D eigenvalue weighted by Gasteiger charge is 2.27. The van der Waals surface area contributed by atoms with Crippen molar-refractivity contribution in [2.45, 2.75) is 25.8 Å². The minimum Gasteiger partial charge on any atom is -0.490 e. The second kappa shape index (κ2) is 10.8. The number of piperidine rings is 1. The van der Waals surface area contributed by atoms with Gasteiger partial charge in [0.15, 0.2) is 11.6 Å². The van der Waals surface area contributed by atoms with Crippen molar-refractivity contribution in [3.05, 3.63) is 47.8 Å². The van der Waals surface area contributed by atoms with Gasteiger partial charge >= 0.3 is 0 Å². The first kappa shape index (κ1) is 23.4. The number of benzene rings is 1. The summed E-state index contributed by atoms with van der Waals surface area (Å²) in [5.41, 5.74) is 0.530. The molecular formula is C20H27Cl2FN4O2. The number of nitrogens with one attached hydrogen (secondary N) is 1. The van der Waals surface area contributed by atoms with Crippen LogP contribution in [0.5, 0.6) is 5.75 Å². The zero-order valence-electron chi connectivity index (χ0n) is 16.2. The van der Waals surface area contributed by atoms with Crippen LogP contribution in [-0.2, 0) is 13.0 Å². The number of para-hydroxylation sites is 1. The molecule has 1 saturated heterocycles. The number of hydrogen-bond donors (Lipinski definition) is 1. The molecule has 0 saturated carbocycles. The molecule has 29 heavy (non-hydrogen) atoms. The standard InChI is InChI=1S/C20H25FN4O2.2ClH/c21-16-5-1-2-6-18(16)27-14-15-4-3-10-25(12-15)20(26)17-13-24-11-9-22-8-7-19(24)23-17;;/h1-2,5-6,13,15,22H,3-4,7-12,14H2;2*1H. The highest BCUT2D eigenvalue weighted by Crippen LogP contribution is 2.22. The van der Waals surface area contributed by atoms with Gasteiger partial charge in [-0.15, -0.1) is 24.8 Å². The van der Waals surface area contributed by atoms with E-state index in [4.69, 9.17) is 4.74 Å². The first-order valence-corrected chi connectivity index (χ1v) is 9.64. The van der Waals surface area contributed by atoms with Gasteiger partial charge in [-0.3, -0.25) is 4.79 Å². The van der Waals surface area contributed by atoms with Gasteiger partial charge in [0.2, 0.25) is 0 Å². The predicted molar refractivity (Wildman–Crippen MR) is 114 cm³/mol. The Labute approximate surface area is 182 Å². The van der Waals surface area contributed by atoms with Crippen LogP contribution in [0, 0.1) is 11.7 Å². The number of carbonyl (C=O) groups is 1. The minimum atomic E-state index is -0.352. The van der Waals surface area contributed by atoms with E-state index >= 15 is 0 Å². The molecule has 0 bridgehead atoms. The number of carbonyl (C=O) groups excluding carboxylic acids is 1. The van der Waals surface area contributed by atoms with Crippen LogP contribution in [0.4, 0.5) is 4.39 Å². The number of nitrogens with zero attached hydrogens (tertiary/aromatic N) is 3. The molecule has 160 valence electrons. The SMILES string of the molecule is Cl.Cl.O=C(c1cn2c(n1)CCNCC2)N1CCCC(COc2ccccc2F)C1. The van der Waals surface area contributed by atoms with Crippen LogP contribution >= 0.6 is 24.8 Å². The van der Waals surface area contributed by atoms with Crippen molar-refractivity contribution < 1.29 is 13.9 Å². The first-order chi connectivity index (χ1) is 13.2. The molecule has 1 aromatic heterocycles. The van der Waals surface area contributed by atoms with Gasteiger partial charge in [-0.1, -0.05) is 12.1 Å². The van der Waals surface area contributed by atoms with Gasteiger partial charge in [-0.25, -0.2) is 9.37 Å². The van der Waals surface area contributed by atoms with E-state index in [1.54, 1.807) is 18.2 Å². The Morgan fingerprint density at radius 1 is 1.24 bits per heavy atom. The van der Waals surface area contributed by atoms with E-state index in [1.165, 1.54) is 6.07 Å². The first-order valence-electron chi connectivity index (χ1n) is 9.64. The average Bonchev–Trinajstić information content (AvgIpc) is 2.97. The van der Waals surface area contributed by atoms with Gasteiger partial charge in [-0.2, -0.15) is 0 Å². The lowest BCUT2D eigenvalue weighted by Gasteiger charge is -2.32. The monoisotopic (exact) mass is 444 g/mol. The number of likely N-dealkylation sites (tertiary alicyclic amines) is 1. The van der Waals surface area contributed by atoms with Crippen LogP contribution in [-0.4, -0.2) is 53.1 Å². The van der Waals surface area contributed by atoms with Crippen LogP contribution in [0.15, 0.2) is 30.5 Å². The Kier molecular flexibility index (Phi) is 8.74. The summed E-state index contributed by atoms with van der Waals surface area (Å²) in [7, 11) is 0. The smallest absolute Gasteiger partial charge is 0.274 e. The van der Waals surface area contributed by atoms with Crippen molar-refractivity contribution >= 4 is 30.7 Å². The zero-order valence-corrected chi connectivity index (χ0v) is 17.8. The van der Waals surface area contributed by atoms with Crippen molar-refractivity contribution in [2.24, 2.45) is 5.92 Å². The number of imidazole rings is 1. The lowest BCUT2D eigenvalue weighted by molar-refractivity contribution is 0.0625. The predicted octanol–water partition coefficient (Wildman–Crippen LogP) is 2.94. The molecule has 1 amide bonds. The molecule has 0 aliphatic carbocycles. The number of aromatic nitrogens is 2. The summed E-state index contributed by atoms with van der Waals surface area (Å²) >= 11 is 0. The van der Waals surface area contributed by atoms with E-state index in [1.807, 2.05) is 11.1 Å². The fraction of sp³-hybridized carbons (Fsp3) is 0.500. The number of rotatable bonds is 4. The third-order valence-electron chi connectivity index (χ3n) is 5.25. The molecule has 1 aromatic carbocycles. The van der Waals surface area contributed by atoms with Crippen LogP contribution < -0.4 is 10.1 Å². The van der Waals surface area contributed by atoms with E-state index in [2.05, 4.69) is 14.9 Å². The van der Waals surface area contributed by atoms with E-state index in [0.717, 1.165) is 51.3 Å². The summed E-state index contributed by atoms with van der Waals surface area (Å²) < 4.78 is 21.4. The van der Waals surface area contributed by atoms with Gasteiger partial charge < -0.3 is 19.5 Å². The average molecular weight is 445 g/mol. The zero-order chi connectivity index (χ0) is 18.6. The molecule has 2 aliphatic heterocycles. The maximum absolute atomic E-state index is 13.7. The fourth-order valence-corrected chi connectivity index (χ4v) is 3.79. The molecule has 6 nitrogen and oxygen atoms in total. The molecule has 2 aliphatic rings. The molecule has 2 aromatic rings. The third-order valence-corrected chi connectivity index (χ3v) is 5.25. The van der Waals surface area contributed by atoms with Gasteiger partial charge in [-0.05, 0) is 25.0 Å². The Balaban J connectivity index is 0.00000150. The highest BCUT2D eigenvalue weighted by molar-refractivity contribution is 5.92. The number of hydrogen-bond acceptors (Lipinski definition) is 4. The number of ether oxygens (including phenoxy) is 1. The van der Waals surface area contributed by atoms with Gasteiger partial charge in [0, 0.05) is 51.3 Å². The van der Waals surface area contributed by atoms with Crippen LogP contribution in [0.3, 0.4) is 0 Å². The molecule has 9 heteroatoms. The Morgan fingerprint density at radius 3 is 2.90 bits per heavy atom. The number of fused-ring (bicyclic) bond motifs is 1. The maximum atomic E-state index is 13.7. The molecule has 0 radical (unpaired) electrons. The molecule has 1 unspecified atom stereocenters. The van der Waals surface area contributed by atoms with Crippen molar-refractivity contribution in [1.29, 1.82) is 0 Å². The number of halogens is 3. The summed E-state index contributed by atoms with van der Waals surface area (Å²) in [6, 6.07) is 6.43. The summed E-state index contributed by atoms with van der Waals surface area (Å²) in [6.07, 6.45) is 4.62. The van der Waals surface area contributed by atoms with Gasteiger partial charge in [0.05, 0.1) is 6.61 Å². The summed E-state index contributed by atoms with van der Waals surface area (Å²) in [5, 5.41) is 3.33. The molecule has 0 spiro atoms. The topological polar surface area (TPSA) is 59.4 Å². The quantitative estimate of drug-likeness (QED) is 0.787. The normalized spacial score (nSPS) is 18.7. The molecule has 4 rings (SSSR count). The number of amides is 1. The van der Waals surface area contributed by atoms with Crippen LogP contribution in [0.25, 0.3) is 0 Å². The van der Waals surface area contributed by atoms with E-state index in [9.17, 15) is 9.18 Å². The lowest BCUT2D eigenvalue weighted by Crippen LogP contribution is -2.41. The van der Waals surface area contributed by atoms with Crippen molar-refractivity contribution in [3.63, 3.8) is 0 Å². The fourth-order valence-electron chi connectivity index (χ4n) is 3.79. The second-order valence-corrected chi connectivity index (χ2v) is 7.24. The second-order valence-electron chi connectivity index (χ2n) is 7.24. The Morgan fingerprint density at radius 2 is 2.07 bits per heavy atom. The van der Waals surface area contributed by atoms with E-state index in [-0.39, 0.29) is 48.2 Å². The van der Waals surface area contributed by atoms with Crippen molar-refractivity contribution in [3.8, 4) is 5.75 Å². The molecular weight excluding hydrogens is 418 g/mol. The lowest BCUT2D eigenvalue weighted by atomic mass is 9.98. The van der Waals surface area contributed by atoms with Crippen LogP contribution in [0.2, 0.25) is 0 Å². The molecule has 1 fully saturated rings. The third kappa shape index (κ3) is 5.62. The Bertz CT molecular complexity index is 794. The van der Waals surface area contributed by atoms with Crippen molar-refractivity contribution in [1.82, 2.24) is 19.8 Å². The van der Waals surface area contributed by atoms with Gasteiger partial charge in [0.1, 0.15) is 11.5 Å². The van der Waals surface area contributed by atoms with E-state index in [0.29, 0.717) is 18.8 Å².